The third-order valence-electron chi connectivity index (χ3n) is 17.9. The van der Waals surface area contributed by atoms with Gasteiger partial charge in [-0.1, -0.05) is 61.8 Å². The Bertz CT molecular complexity index is 2240. The first-order valence-corrected chi connectivity index (χ1v) is 32.8. The molecule has 5 amide bonds. The van der Waals surface area contributed by atoms with E-state index in [-0.39, 0.29) is 167 Å². The van der Waals surface area contributed by atoms with E-state index in [0.717, 1.165) is 0 Å². The van der Waals surface area contributed by atoms with Gasteiger partial charge >= 0.3 is 17.9 Å². The first kappa shape index (κ1) is 79.0. The summed E-state index contributed by atoms with van der Waals surface area (Å²) in [5.41, 5.74) is 5.85. The number of rotatable bonds is 43. The summed E-state index contributed by atoms with van der Waals surface area (Å²) < 4.78 is 52.4. The van der Waals surface area contributed by atoms with Gasteiger partial charge in [-0.05, 0) is 93.4 Å². The Morgan fingerprint density at radius 3 is 1.31 bits per heavy atom. The zero-order valence-electron chi connectivity index (χ0n) is 55.9. The van der Waals surface area contributed by atoms with Gasteiger partial charge in [0, 0.05) is 105 Å². The van der Waals surface area contributed by atoms with Gasteiger partial charge in [-0.25, -0.2) is 0 Å². The number of hydrogen-bond donors (Lipinski definition) is 6. The van der Waals surface area contributed by atoms with Crippen molar-refractivity contribution >= 4 is 59.0 Å². The summed E-state index contributed by atoms with van der Waals surface area (Å²) in [4.78, 5) is 129. The third-order valence-corrected chi connectivity index (χ3v) is 17.9. The van der Waals surface area contributed by atoms with E-state index in [1.807, 2.05) is 13.8 Å². The number of nitrogens with one attached hydrogen (secondary N) is 5. The van der Waals surface area contributed by atoms with Crippen LogP contribution < -0.4 is 32.3 Å². The van der Waals surface area contributed by atoms with Crippen molar-refractivity contribution in [1.82, 2.24) is 31.5 Å². The quantitative estimate of drug-likeness (QED) is 0.0287. The molecule has 0 spiro atoms. The molecule has 3 fully saturated rings. The molecule has 3 aliphatic rings. The summed E-state index contributed by atoms with van der Waals surface area (Å²) >= 11 is 0. The van der Waals surface area contributed by atoms with E-state index in [1.165, 1.54) is 32.6 Å². The molecular formula is C64H111N7O19. The molecule has 0 aromatic carbocycles. The maximum atomic E-state index is 14.2. The van der Waals surface area contributed by atoms with E-state index in [1.54, 1.807) is 0 Å². The Morgan fingerprint density at radius 2 is 0.867 bits per heavy atom. The summed E-state index contributed by atoms with van der Waals surface area (Å²) in [6, 6.07) is -1.42. The van der Waals surface area contributed by atoms with Crippen molar-refractivity contribution in [3.05, 3.63) is 0 Å². The van der Waals surface area contributed by atoms with Crippen molar-refractivity contribution in [2.45, 2.75) is 216 Å². The van der Waals surface area contributed by atoms with Gasteiger partial charge in [0.25, 0.3) is 0 Å². The SMILES string of the molecule is CC(=O)NC1[C@H](OCCCCNC(=O)CNC(=O)CN(CC(=O)CCC(=O)NCCCCO[C@@H]2OC(COC(C)=O)[C@H](C)[C@H](C)C2C)C(CCCCN)C(=O)CCC(=O)NCCCCO[C@@H]2OC(COC(C)=O)[C@H](C)[C@H](C)C2C)OC(COC(C)=O)[C@H](C)[C@@H]1C. The second-order valence-electron chi connectivity index (χ2n) is 24.9. The van der Waals surface area contributed by atoms with Crippen LogP contribution in [0, 0.1) is 47.3 Å². The third kappa shape index (κ3) is 29.6. The van der Waals surface area contributed by atoms with E-state index in [4.69, 9.17) is 48.4 Å². The number of carbonyl (C=O) groups excluding carboxylic acids is 10. The van der Waals surface area contributed by atoms with Crippen molar-refractivity contribution in [3.63, 3.8) is 0 Å². The van der Waals surface area contributed by atoms with Gasteiger partial charge in [-0.3, -0.25) is 52.8 Å². The number of ketones is 2. The highest BCUT2D eigenvalue weighted by Gasteiger charge is 2.44. The minimum atomic E-state index is -0.973. The second kappa shape index (κ2) is 42.8. The highest BCUT2D eigenvalue weighted by molar-refractivity contribution is 5.91. The predicted molar refractivity (Wildman–Crippen MR) is 331 cm³/mol. The average Bonchev–Trinajstić information content (AvgIpc) is 0.884. The van der Waals surface area contributed by atoms with Gasteiger partial charge in [0.2, 0.25) is 29.5 Å². The highest BCUT2D eigenvalue weighted by Crippen LogP contribution is 2.37. The minimum Gasteiger partial charge on any atom is -0.463 e. The summed E-state index contributed by atoms with van der Waals surface area (Å²) in [6.07, 6.45) is 1.26. The number of unbranched alkanes of at least 4 members (excludes halogenated alkanes) is 4. The van der Waals surface area contributed by atoms with Crippen molar-refractivity contribution < 1.29 is 90.6 Å². The minimum absolute atomic E-state index is 0.0433. The van der Waals surface area contributed by atoms with Gasteiger partial charge in [0.15, 0.2) is 24.7 Å². The standard InChI is InChI=1S/C64H111N7O19/c1-39-41(3)54(36-85-48(10)73)88-62(45(39)7)82-30-18-15-27-66-57(78)24-22-51(76)34-71(35-60(81)69-33-59(80)68-29-17-20-32-84-64-61(70-47(9)72)44(6)43(5)56(90-64)38-87-50(12)75)52(21-13-14-26-65)53(77)23-25-58(79)67-28-16-19-31-83-63-46(8)40(2)42(4)55(89-63)37-86-49(11)74/h39-46,52,54-56,61-64H,13-38,65H2,1-12H3,(H,66,78)(H,67,79)(H,68,80)(H,69,81)(H,70,72)/t39-,40-,41+,42+,43+,44-,45?,46?,52?,54?,55?,56?,61?,62+,63+,64+/m0/s1. The molecule has 16 atom stereocenters. The maximum Gasteiger partial charge on any atom is 0.302 e. The molecule has 516 valence electrons. The molecule has 7 N–H and O–H groups in total. The molecule has 3 aliphatic heterocycles. The fourth-order valence-corrected chi connectivity index (χ4v) is 11.3. The van der Waals surface area contributed by atoms with Crippen LogP contribution in [0.25, 0.3) is 0 Å². The van der Waals surface area contributed by atoms with Crippen LogP contribution in [0.1, 0.15) is 167 Å². The highest BCUT2D eigenvalue weighted by atomic mass is 16.7. The van der Waals surface area contributed by atoms with Crippen LogP contribution in [0.2, 0.25) is 0 Å². The molecule has 26 nitrogen and oxygen atoms in total. The Balaban J connectivity index is 1.57. The molecular weight excluding hydrogens is 1170 g/mol. The predicted octanol–water partition coefficient (Wildman–Crippen LogP) is 3.80. The lowest BCUT2D eigenvalue weighted by Gasteiger charge is -2.44. The van der Waals surface area contributed by atoms with Gasteiger partial charge in [0.1, 0.15) is 25.6 Å². The smallest absolute Gasteiger partial charge is 0.302 e. The summed E-state index contributed by atoms with van der Waals surface area (Å²) in [6.45, 7) is 23.3. The van der Waals surface area contributed by atoms with E-state index in [9.17, 15) is 47.9 Å². The Hall–Kier alpha value is -5.22. The van der Waals surface area contributed by atoms with E-state index in [2.05, 4.69) is 68.1 Å². The second-order valence-corrected chi connectivity index (χ2v) is 24.9. The van der Waals surface area contributed by atoms with Crippen molar-refractivity contribution in [2.75, 3.05) is 85.5 Å². The van der Waals surface area contributed by atoms with Crippen molar-refractivity contribution in [3.8, 4) is 0 Å². The molecule has 90 heavy (non-hydrogen) atoms. The average molecular weight is 1280 g/mol. The Morgan fingerprint density at radius 1 is 0.444 bits per heavy atom. The molecule has 3 heterocycles. The van der Waals surface area contributed by atoms with Crippen molar-refractivity contribution in [1.29, 1.82) is 0 Å². The number of nitrogens with zero attached hydrogens (tertiary/aromatic N) is 1. The molecule has 0 aliphatic carbocycles. The molecule has 26 heteroatoms. The molecule has 0 radical (unpaired) electrons. The van der Waals surface area contributed by atoms with E-state index >= 15 is 0 Å². The Kier molecular flexibility index (Phi) is 37.6. The monoisotopic (exact) mass is 1280 g/mol. The van der Waals surface area contributed by atoms with Crippen LogP contribution in [0.5, 0.6) is 0 Å². The molecule has 0 bridgehead atoms. The molecule has 3 saturated heterocycles. The molecule has 7 unspecified atom stereocenters. The molecule has 3 rings (SSSR count). The van der Waals surface area contributed by atoms with Gasteiger partial charge in [-0.15, -0.1) is 0 Å². The normalized spacial score (nSPS) is 26.9. The lowest BCUT2D eigenvalue weighted by atomic mass is 9.79. The van der Waals surface area contributed by atoms with Gasteiger partial charge in [0.05, 0.1) is 50.0 Å². The van der Waals surface area contributed by atoms with Crippen LogP contribution in [0.15, 0.2) is 0 Å². The number of amides is 5. The molecule has 0 aromatic heterocycles. The number of ether oxygens (including phenoxy) is 9. The van der Waals surface area contributed by atoms with Crippen LogP contribution in [-0.4, -0.2) is 199 Å². The summed E-state index contributed by atoms with van der Waals surface area (Å²) in [5, 5.41) is 14.0. The first-order chi connectivity index (χ1) is 42.7. The van der Waals surface area contributed by atoms with Crippen LogP contribution >= 0.6 is 0 Å². The lowest BCUT2D eigenvalue weighted by Crippen LogP contribution is -2.58. The fourth-order valence-electron chi connectivity index (χ4n) is 11.3. The molecule has 0 saturated carbocycles. The van der Waals surface area contributed by atoms with Crippen molar-refractivity contribution in [2.24, 2.45) is 53.1 Å². The Labute approximate surface area is 533 Å². The number of esters is 3. The zero-order chi connectivity index (χ0) is 66.9. The lowest BCUT2D eigenvalue weighted by molar-refractivity contribution is -0.255. The largest absolute Gasteiger partial charge is 0.463 e. The van der Waals surface area contributed by atoms with Gasteiger partial charge in [-0.2, -0.15) is 0 Å². The van der Waals surface area contributed by atoms with E-state index < -0.39 is 73.7 Å². The van der Waals surface area contributed by atoms with Crippen LogP contribution in [0.3, 0.4) is 0 Å². The summed E-state index contributed by atoms with van der Waals surface area (Å²) in [5.74, 6) is -3.04. The number of nitrogens with two attached hydrogens (primary N) is 1. The van der Waals surface area contributed by atoms with Crippen LogP contribution in [0.4, 0.5) is 0 Å². The maximum absolute atomic E-state index is 14.2. The summed E-state index contributed by atoms with van der Waals surface area (Å²) in [7, 11) is 0. The number of hydrogen-bond acceptors (Lipinski definition) is 21. The topological polar surface area (TPSA) is 343 Å². The fraction of sp³-hybridized carbons (Fsp3) is 0.844. The first-order valence-electron chi connectivity index (χ1n) is 32.8. The number of Topliss-reactive ketones (excluding diaryl/α,β-unsaturated/α-hetero) is 2. The van der Waals surface area contributed by atoms with Gasteiger partial charge < -0.3 is 74.9 Å². The zero-order valence-corrected chi connectivity index (χ0v) is 55.9. The number of carbonyl (C=O) groups is 10. The molecule has 0 aromatic rings. The van der Waals surface area contributed by atoms with E-state index in [0.29, 0.717) is 84.2 Å². The van der Waals surface area contributed by atoms with Crippen LogP contribution in [-0.2, 0) is 90.6 Å².